The number of nitrogens with two attached hydrogens (primary N) is 4. The molecular weight excluding hydrogens is 1370 g/mol. The Balaban J connectivity index is 0.000000117. The first-order valence-electron chi connectivity index (χ1n) is 35.7. The maximum Gasteiger partial charge on any atom is 0.339 e. The Bertz CT molecular complexity index is 5750. The first-order valence-corrected chi connectivity index (χ1v) is 35.7. The SMILES string of the molecule is CCc1cccc(-n2c(=O)n(-c3ccc(Oc4ccccc4)cc3)c3c(N)ncnc32)c1.CN1CC[C@@H](N2C(=O)Cc3c(N)ncnc32)C1.CN1CC[C@@H](n2c(=O)n(-c3ccc(Oc4ccccc4)cc3)c3c(N)ncnc32)C1.Nc1ncnc2c1n(-c1ccc(Oc3ccccc3)cc1)c(=O)n2C1CCCC1. The molecule has 0 spiro atoms. The van der Waals surface area contributed by atoms with Gasteiger partial charge in [-0.15, -0.1) is 0 Å². The third kappa shape index (κ3) is 14.3. The fourth-order valence-corrected chi connectivity index (χ4v) is 14.5. The highest BCUT2D eigenvalue weighted by molar-refractivity contribution is 6.02. The van der Waals surface area contributed by atoms with Gasteiger partial charge in [-0.05, 0) is 186 Å². The molecule has 7 aromatic carbocycles. The quantitative estimate of drug-likeness (QED) is 0.0785. The van der Waals surface area contributed by atoms with E-state index >= 15 is 0 Å². The van der Waals surface area contributed by atoms with Crippen molar-refractivity contribution in [3.05, 3.63) is 256 Å². The Kier molecular flexibility index (Phi) is 20.0. The van der Waals surface area contributed by atoms with Crippen molar-refractivity contribution < 1.29 is 19.0 Å². The Labute approximate surface area is 619 Å². The van der Waals surface area contributed by atoms with E-state index in [1.807, 2.05) is 188 Å². The van der Waals surface area contributed by atoms with Gasteiger partial charge in [0.1, 0.15) is 88.0 Å². The van der Waals surface area contributed by atoms with E-state index in [-0.39, 0.29) is 52.7 Å². The van der Waals surface area contributed by atoms with Gasteiger partial charge in [0, 0.05) is 24.7 Å². The first kappa shape index (κ1) is 70.3. The topological polar surface area (TPSA) is 342 Å². The number of benzene rings is 7. The highest BCUT2D eigenvalue weighted by atomic mass is 16.5. The van der Waals surface area contributed by atoms with Crippen molar-refractivity contribution in [2.24, 2.45) is 0 Å². The van der Waals surface area contributed by atoms with Gasteiger partial charge in [-0.3, -0.25) is 32.5 Å². The molecule has 18 rings (SSSR count). The van der Waals surface area contributed by atoms with Gasteiger partial charge in [0.2, 0.25) is 5.91 Å². The van der Waals surface area contributed by atoms with Crippen LogP contribution in [0.3, 0.4) is 0 Å². The zero-order valence-electron chi connectivity index (χ0n) is 59.7. The third-order valence-corrected chi connectivity index (χ3v) is 19.7. The summed E-state index contributed by atoms with van der Waals surface area (Å²) in [5, 5.41) is 0. The summed E-state index contributed by atoms with van der Waals surface area (Å²) in [6, 6.07) is 58.9. The lowest BCUT2D eigenvalue weighted by molar-refractivity contribution is -0.117. The molecule has 546 valence electrons. The second-order valence-electron chi connectivity index (χ2n) is 26.8. The Morgan fingerprint density at radius 2 is 0.787 bits per heavy atom. The summed E-state index contributed by atoms with van der Waals surface area (Å²) in [5.74, 6) is 6.34. The summed E-state index contributed by atoms with van der Waals surface area (Å²) in [6.45, 7) is 5.73. The van der Waals surface area contributed by atoms with E-state index in [2.05, 4.69) is 70.7 Å². The molecule has 2 saturated heterocycles. The molecule has 0 bridgehead atoms. The Morgan fingerprint density at radius 1 is 0.389 bits per heavy atom. The van der Waals surface area contributed by atoms with Crippen LogP contribution in [0.1, 0.15) is 68.7 Å². The van der Waals surface area contributed by atoms with Crippen molar-refractivity contribution in [3.63, 3.8) is 0 Å². The zero-order chi connectivity index (χ0) is 74.5. The molecule has 28 heteroatoms. The number of rotatable bonds is 14. The number of carbonyl (C=O) groups excluding carboxylic acids is 1. The smallest absolute Gasteiger partial charge is 0.339 e. The summed E-state index contributed by atoms with van der Waals surface area (Å²) in [4.78, 5) is 92.4. The summed E-state index contributed by atoms with van der Waals surface area (Å²) in [6.07, 6.45) is 12.9. The molecule has 1 saturated carbocycles. The number of likely N-dealkylation sites (tertiary alicyclic amines) is 2. The third-order valence-electron chi connectivity index (χ3n) is 19.7. The van der Waals surface area contributed by atoms with Crippen LogP contribution in [0, 0.1) is 0 Å². The number of hydrogen-bond acceptors (Lipinski definition) is 21. The molecule has 7 aromatic heterocycles. The number of imidazole rings is 3. The van der Waals surface area contributed by atoms with Crippen LogP contribution in [0.2, 0.25) is 0 Å². The number of ether oxygens (including phenoxy) is 3. The minimum atomic E-state index is -0.266. The molecule has 10 heterocycles. The molecular formula is C80H79N21O7. The van der Waals surface area contributed by atoms with E-state index in [0.717, 1.165) is 105 Å². The number of nitrogen functional groups attached to an aromatic ring is 4. The molecule has 2 atom stereocenters. The second-order valence-corrected chi connectivity index (χ2v) is 26.8. The van der Waals surface area contributed by atoms with E-state index < -0.39 is 0 Å². The van der Waals surface area contributed by atoms with E-state index in [9.17, 15) is 19.2 Å². The van der Waals surface area contributed by atoms with E-state index in [0.29, 0.717) is 91.7 Å². The van der Waals surface area contributed by atoms with Crippen LogP contribution in [-0.4, -0.2) is 129 Å². The minimum absolute atomic E-state index is 0.0567. The number of amides is 1. The number of hydrogen-bond donors (Lipinski definition) is 4. The fraction of sp³-hybridized carbons (Fsp3) is 0.225. The first-order chi connectivity index (χ1) is 52.7. The summed E-state index contributed by atoms with van der Waals surface area (Å²) >= 11 is 0. The molecule has 0 radical (unpaired) electrons. The molecule has 14 aromatic rings. The van der Waals surface area contributed by atoms with Crippen molar-refractivity contribution in [2.45, 2.75) is 76.4 Å². The lowest BCUT2D eigenvalue weighted by Crippen LogP contribution is -2.39. The van der Waals surface area contributed by atoms with Gasteiger partial charge in [-0.25, -0.2) is 58.8 Å². The molecule has 108 heavy (non-hydrogen) atoms. The van der Waals surface area contributed by atoms with Crippen LogP contribution in [0.4, 0.5) is 29.1 Å². The number of aryl methyl sites for hydroxylation is 1. The Hall–Kier alpha value is -13.3. The highest BCUT2D eigenvalue weighted by Gasteiger charge is 2.38. The largest absolute Gasteiger partial charge is 0.457 e. The van der Waals surface area contributed by atoms with Gasteiger partial charge < -0.3 is 46.9 Å². The predicted molar refractivity (Wildman–Crippen MR) is 415 cm³/mol. The number of para-hydroxylation sites is 3. The van der Waals surface area contributed by atoms with E-state index in [1.165, 1.54) is 29.9 Å². The van der Waals surface area contributed by atoms with Crippen LogP contribution in [0.25, 0.3) is 56.2 Å². The lowest BCUT2D eigenvalue weighted by atomic mass is 10.1. The number of fused-ring (bicyclic) bond motifs is 4. The van der Waals surface area contributed by atoms with Crippen molar-refractivity contribution in [1.82, 2.24) is 77.1 Å². The number of aromatic nitrogens is 14. The number of nitrogens with zero attached hydrogens (tertiary/aromatic N) is 17. The van der Waals surface area contributed by atoms with E-state index in [1.54, 1.807) is 27.7 Å². The van der Waals surface area contributed by atoms with Crippen LogP contribution in [-0.2, 0) is 17.6 Å². The van der Waals surface area contributed by atoms with Crippen molar-refractivity contribution in [1.29, 1.82) is 0 Å². The second kappa shape index (κ2) is 30.8. The normalized spacial score (nSPS) is 15.7. The fourth-order valence-electron chi connectivity index (χ4n) is 14.5. The average molecular weight is 1450 g/mol. The van der Waals surface area contributed by atoms with Gasteiger partial charge in [-0.2, -0.15) is 0 Å². The summed E-state index contributed by atoms with van der Waals surface area (Å²) in [7, 11) is 4.12. The van der Waals surface area contributed by atoms with Crippen molar-refractivity contribution >= 4 is 68.5 Å². The van der Waals surface area contributed by atoms with Gasteiger partial charge in [-0.1, -0.05) is 86.5 Å². The van der Waals surface area contributed by atoms with Gasteiger partial charge in [0.05, 0.1) is 41.3 Å². The molecule has 28 nitrogen and oxygen atoms in total. The molecule has 1 amide bonds. The van der Waals surface area contributed by atoms with Gasteiger partial charge >= 0.3 is 17.1 Å². The van der Waals surface area contributed by atoms with Gasteiger partial charge in [0.15, 0.2) is 34.4 Å². The maximum atomic E-state index is 13.6. The summed E-state index contributed by atoms with van der Waals surface area (Å²) < 4.78 is 27.4. The van der Waals surface area contributed by atoms with E-state index in [4.69, 9.17) is 37.1 Å². The molecule has 8 N–H and O–H groups in total. The Morgan fingerprint density at radius 3 is 1.23 bits per heavy atom. The van der Waals surface area contributed by atoms with Crippen LogP contribution in [0.5, 0.6) is 34.5 Å². The zero-order valence-corrected chi connectivity index (χ0v) is 59.7. The number of anilines is 5. The van der Waals surface area contributed by atoms with Crippen LogP contribution >= 0.6 is 0 Å². The monoisotopic (exact) mass is 1450 g/mol. The van der Waals surface area contributed by atoms with Crippen molar-refractivity contribution in [3.8, 4) is 57.2 Å². The average Bonchev–Trinajstić information content (AvgIpc) is 1.60. The van der Waals surface area contributed by atoms with Crippen LogP contribution < -0.4 is 59.1 Å². The number of carbonyl (C=O) groups is 1. The molecule has 3 aliphatic heterocycles. The predicted octanol–water partition coefficient (Wildman–Crippen LogP) is 11.1. The highest BCUT2D eigenvalue weighted by Crippen LogP contribution is 2.36. The molecule has 3 fully saturated rings. The minimum Gasteiger partial charge on any atom is -0.457 e. The lowest BCUT2D eigenvalue weighted by Gasteiger charge is -2.23. The number of likely N-dealkylation sites (N-methyl/N-ethyl adjacent to an activating group) is 2. The van der Waals surface area contributed by atoms with Crippen molar-refractivity contribution in [2.75, 3.05) is 68.1 Å². The maximum absolute atomic E-state index is 13.6. The standard InChI is InChI=1S/C25H21N5O2.C22H22N6O2.C22H21N5O2.C11H15N5O/c1-2-17-7-6-8-19(15-17)30-24-22(23(26)27-16-28-24)29(25(30)31)18-11-13-21(14-12-18)32-20-9-4-3-5-10-20;1-26-12-11-16(13-26)28-21-19(20(23)24-14-25-21)27(22(28)29)15-7-9-18(10-8-15)30-17-5-3-2-4-6-17;23-20-19-21(25-14-24-20)27(15-6-4-5-7-15)22(28)26(19)16-10-12-18(13-11-16)29-17-8-2-1-3-9-17;1-15-3-2-7(5-15)16-9(17)4-8-10(12)13-6-14-11(8)16/h3-16H,2H2,1H3,(H2,26,27,28);2-10,14,16H,11-13H2,1H3,(H2,23,24,25);1-3,8-15H,4-7H2,(H2,23,24,25);6-7H,2-5H2,1H3,(H2,12,13,14)/t;16-;;7-/m.1.1/s1. The molecule has 1 aliphatic carbocycles. The van der Waals surface area contributed by atoms with Gasteiger partial charge in [0.25, 0.3) is 0 Å². The summed E-state index contributed by atoms with van der Waals surface area (Å²) in [5.41, 5.74) is 31.6. The molecule has 4 aliphatic rings. The molecule has 0 unspecified atom stereocenters. The van der Waals surface area contributed by atoms with Crippen LogP contribution in [0.15, 0.2) is 228 Å².